The minimum atomic E-state index is -3.93. The van der Waals surface area contributed by atoms with Crippen LogP contribution in [0.4, 0.5) is 0 Å². The number of aryl methyl sites for hydroxylation is 1. The van der Waals surface area contributed by atoms with Crippen LogP contribution in [0.5, 0.6) is 5.75 Å². The number of sulfonamides is 1. The van der Waals surface area contributed by atoms with Crippen LogP contribution in [0.3, 0.4) is 0 Å². The van der Waals surface area contributed by atoms with E-state index < -0.39 is 25.8 Å². The van der Waals surface area contributed by atoms with Gasteiger partial charge >= 0.3 is 5.97 Å². The molecule has 10 heteroatoms. The SMILES string of the molecule is COC(=O)COc1ccc([C@H](NS(=O)(=O)c2ccccc2)C(Cl)(Cl)Cl)cc1C. The fourth-order valence-electron chi connectivity index (χ4n) is 2.36. The first kappa shape index (κ1) is 22.8. The smallest absolute Gasteiger partial charge is 0.343 e. The molecule has 0 aliphatic rings. The molecule has 2 aromatic carbocycles. The van der Waals surface area contributed by atoms with Gasteiger partial charge in [0.05, 0.1) is 18.0 Å². The summed E-state index contributed by atoms with van der Waals surface area (Å²) in [6.07, 6.45) is 0. The summed E-state index contributed by atoms with van der Waals surface area (Å²) < 4.78 is 35.7. The van der Waals surface area contributed by atoms with Gasteiger partial charge in [0.15, 0.2) is 6.61 Å². The van der Waals surface area contributed by atoms with Crippen LogP contribution in [0.2, 0.25) is 0 Å². The molecule has 0 aliphatic carbocycles. The van der Waals surface area contributed by atoms with Crippen LogP contribution in [0.25, 0.3) is 0 Å². The number of esters is 1. The molecular formula is C18H18Cl3NO5S. The van der Waals surface area contributed by atoms with Crippen molar-refractivity contribution in [1.82, 2.24) is 4.72 Å². The lowest BCUT2D eigenvalue weighted by Crippen LogP contribution is -2.36. The molecule has 0 unspecified atom stereocenters. The summed E-state index contributed by atoms with van der Waals surface area (Å²) in [7, 11) is -2.68. The van der Waals surface area contributed by atoms with Crippen molar-refractivity contribution in [2.75, 3.05) is 13.7 Å². The van der Waals surface area contributed by atoms with E-state index >= 15 is 0 Å². The molecule has 0 amide bonds. The molecule has 0 spiro atoms. The number of carbonyl (C=O) groups is 1. The Morgan fingerprint density at radius 2 is 1.79 bits per heavy atom. The highest BCUT2D eigenvalue weighted by atomic mass is 35.6. The molecule has 0 fully saturated rings. The number of hydrogen-bond donors (Lipinski definition) is 1. The van der Waals surface area contributed by atoms with Gasteiger partial charge < -0.3 is 9.47 Å². The lowest BCUT2D eigenvalue weighted by molar-refractivity contribution is -0.142. The molecule has 0 heterocycles. The Hall–Kier alpha value is -1.51. The predicted octanol–water partition coefficient (Wildman–Crippen LogP) is 3.94. The zero-order valence-corrected chi connectivity index (χ0v) is 18.1. The van der Waals surface area contributed by atoms with Crippen molar-refractivity contribution < 1.29 is 22.7 Å². The number of carbonyl (C=O) groups excluding carboxylic acids is 1. The molecule has 0 bridgehead atoms. The highest BCUT2D eigenvalue weighted by Gasteiger charge is 2.37. The lowest BCUT2D eigenvalue weighted by atomic mass is 10.1. The number of hydrogen-bond acceptors (Lipinski definition) is 5. The van der Waals surface area contributed by atoms with Gasteiger partial charge in [-0.3, -0.25) is 0 Å². The number of alkyl halides is 3. The molecule has 152 valence electrons. The molecular weight excluding hydrogens is 449 g/mol. The minimum Gasteiger partial charge on any atom is -0.482 e. The minimum absolute atomic E-state index is 0.0454. The number of rotatable bonds is 7. The van der Waals surface area contributed by atoms with Crippen molar-refractivity contribution in [2.45, 2.75) is 21.7 Å². The Bertz CT molecular complexity index is 930. The molecule has 2 aromatic rings. The second-order valence-corrected chi connectivity index (χ2v) is 9.88. The summed E-state index contributed by atoms with van der Waals surface area (Å²) in [6, 6.07) is 11.3. The Morgan fingerprint density at radius 1 is 1.14 bits per heavy atom. The molecule has 0 saturated carbocycles. The average Bonchev–Trinajstić information content (AvgIpc) is 2.64. The Labute approximate surface area is 178 Å². The summed E-state index contributed by atoms with van der Waals surface area (Å²) in [4.78, 5) is 11.3. The Kier molecular flexibility index (Phi) is 7.59. The van der Waals surface area contributed by atoms with Crippen LogP contribution < -0.4 is 9.46 Å². The van der Waals surface area contributed by atoms with Gasteiger partial charge in [0.25, 0.3) is 0 Å². The molecule has 0 aliphatic heterocycles. The quantitative estimate of drug-likeness (QED) is 0.494. The molecule has 6 nitrogen and oxygen atoms in total. The van der Waals surface area contributed by atoms with Crippen LogP contribution in [-0.4, -0.2) is 31.9 Å². The number of halogens is 3. The second kappa shape index (κ2) is 9.33. The third-order valence-corrected chi connectivity index (χ3v) is 5.85. The first-order valence-corrected chi connectivity index (χ1v) is 10.6. The van der Waals surface area contributed by atoms with Gasteiger partial charge in [0.1, 0.15) is 5.75 Å². The van der Waals surface area contributed by atoms with Crippen LogP contribution in [-0.2, 0) is 19.6 Å². The third kappa shape index (κ3) is 5.99. The second-order valence-electron chi connectivity index (χ2n) is 5.80. The largest absolute Gasteiger partial charge is 0.482 e. The number of benzene rings is 2. The van der Waals surface area contributed by atoms with E-state index in [0.717, 1.165) is 0 Å². The molecule has 0 aromatic heterocycles. The first-order chi connectivity index (χ1) is 13.0. The zero-order valence-electron chi connectivity index (χ0n) is 15.0. The summed E-state index contributed by atoms with van der Waals surface area (Å²) in [5.41, 5.74) is 1.04. The molecule has 28 heavy (non-hydrogen) atoms. The number of methoxy groups -OCH3 is 1. The molecule has 1 atom stereocenters. The van der Waals surface area contributed by atoms with E-state index in [-0.39, 0.29) is 11.5 Å². The van der Waals surface area contributed by atoms with Gasteiger partial charge in [-0.15, -0.1) is 0 Å². The highest BCUT2D eigenvalue weighted by Crippen LogP contribution is 2.41. The molecule has 2 rings (SSSR count). The van der Waals surface area contributed by atoms with E-state index in [0.29, 0.717) is 16.9 Å². The van der Waals surface area contributed by atoms with Gasteiger partial charge in [-0.25, -0.2) is 13.2 Å². The maximum absolute atomic E-state index is 12.7. The van der Waals surface area contributed by atoms with E-state index in [1.165, 1.54) is 19.2 Å². The standard InChI is InChI=1S/C18H18Cl3NO5S/c1-12-10-13(8-9-15(12)27-11-16(23)26-2)17(18(19,20)21)22-28(24,25)14-6-4-3-5-7-14/h3-10,17,22H,11H2,1-2H3/t17-/m0/s1. The monoisotopic (exact) mass is 465 g/mol. The fraction of sp³-hybridized carbons (Fsp3) is 0.278. The van der Waals surface area contributed by atoms with Crippen LogP contribution in [0.1, 0.15) is 17.2 Å². The van der Waals surface area contributed by atoms with Crippen LogP contribution in [0, 0.1) is 6.92 Å². The van der Waals surface area contributed by atoms with E-state index in [1.54, 1.807) is 43.3 Å². The third-order valence-electron chi connectivity index (χ3n) is 3.76. The summed E-state index contributed by atoms with van der Waals surface area (Å²) in [6.45, 7) is 1.46. The van der Waals surface area contributed by atoms with Crippen LogP contribution in [0.15, 0.2) is 53.4 Å². The van der Waals surface area contributed by atoms with Crippen molar-refractivity contribution in [3.05, 3.63) is 59.7 Å². The van der Waals surface area contributed by atoms with Crippen molar-refractivity contribution in [2.24, 2.45) is 0 Å². The van der Waals surface area contributed by atoms with E-state index in [2.05, 4.69) is 9.46 Å². The number of nitrogens with one attached hydrogen (secondary N) is 1. The van der Waals surface area contributed by atoms with Gasteiger partial charge in [-0.05, 0) is 36.2 Å². The normalized spacial score (nSPS) is 13.0. The molecule has 0 saturated heterocycles. The van der Waals surface area contributed by atoms with Gasteiger partial charge in [-0.2, -0.15) is 4.72 Å². The average molecular weight is 467 g/mol. The number of ether oxygens (including phenoxy) is 2. The fourth-order valence-corrected chi connectivity index (χ4v) is 4.37. The maximum atomic E-state index is 12.7. The van der Waals surface area contributed by atoms with Gasteiger partial charge in [0, 0.05) is 0 Å². The summed E-state index contributed by atoms with van der Waals surface area (Å²) in [5, 5.41) is 0. The molecule has 0 radical (unpaired) electrons. The van der Waals surface area contributed by atoms with E-state index in [1.807, 2.05) is 0 Å². The topological polar surface area (TPSA) is 81.7 Å². The van der Waals surface area contributed by atoms with Crippen molar-refractivity contribution in [1.29, 1.82) is 0 Å². The Balaban J connectivity index is 2.31. The van der Waals surface area contributed by atoms with Gasteiger partial charge in [0.2, 0.25) is 13.8 Å². The maximum Gasteiger partial charge on any atom is 0.343 e. The zero-order chi connectivity index (χ0) is 20.9. The molecule has 1 N–H and O–H groups in total. The van der Waals surface area contributed by atoms with Crippen molar-refractivity contribution >= 4 is 50.8 Å². The van der Waals surface area contributed by atoms with Crippen molar-refractivity contribution in [3.8, 4) is 5.75 Å². The summed E-state index contributed by atoms with van der Waals surface area (Å²) >= 11 is 18.2. The van der Waals surface area contributed by atoms with Crippen molar-refractivity contribution in [3.63, 3.8) is 0 Å². The highest BCUT2D eigenvalue weighted by molar-refractivity contribution is 7.89. The van der Waals surface area contributed by atoms with Gasteiger partial charge in [-0.1, -0.05) is 65.1 Å². The first-order valence-electron chi connectivity index (χ1n) is 7.99. The predicted molar refractivity (Wildman–Crippen MR) is 108 cm³/mol. The lowest BCUT2D eigenvalue weighted by Gasteiger charge is -2.26. The van der Waals surface area contributed by atoms with E-state index in [4.69, 9.17) is 39.5 Å². The van der Waals surface area contributed by atoms with Crippen LogP contribution >= 0.6 is 34.8 Å². The Morgan fingerprint density at radius 3 is 2.32 bits per heavy atom. The summed E-state index contributed by atoms with van der Waals surface area (Å²) in [5.74, 6) is -0.110. The van der Waals surface area contributed by atoms with E-state index in [9.17, 15) is 13.2 Å².